The van der Waals surface area contributed by atoms with Crippen LogP contribution in [0.3, 0.4) is 0 Å². The second kappa shape index (κ2) is 6.12. The van der Waals surface area contributed by atoms with Crippen molar-refractivity contribution in [3.8, 4) is 5.88 Å². The van der Waals surface area contributed by atoms with Gasteiger partial charge in [-0.1, -0.05) is 0 Å². The Balaban J connectivity index is 2.32. The first kappa shape index (κ1) is 12.5. The highest BCUT2D eigenvalue weighted by Gasteiger charge is 2.09. The first-order valence-electron chi connectivity index (χ1n) is 5.04. The molecule has 0 aromatic carbocycles. The molecule has 0 aliphatic carbocycles. The molecule has 0 aliphatic rings. The predicted octanol–water partition coefficient (Wildman–Crippen LogP) is 0.527. The molecule has 0 amide bonds. The fourth-order valence-corrected chi connectivity index (χ4v) is 1.15. The van der Waals surface area contributed by atoms with Crippen molar-refractivity contribution in [1.29, 1.82) is 0 Å². The molecule has 0 radical (unpaired) electrons. The molecule has 1 aromatic heterocycles. The Labute approximate surface area is 94.5 Å². The lowest BCUT2D eigenvalue weighted by Gasteiger charge is -2.08. The number of methoxy groups -OCH3 is 1. The van der Waals surface area contributed by atoms with E-state index in [2.05, 4.69) is 19.8 Å². The average Bonchev–Trinajstić information content (AvgIpc) is 2.71. The van der Waals surface area contributed by atoms with E-state index >= 15 is 0 Å². The Morgan fingerprint density at radius 2 is 2.31 bits per heavy atom. The number of esters is 1. The zero-order chi connectivity index (χ0) is 12.0. The average molecular weight is 227 g/mol. The van der Waals surface area contributed by atoms with Gasteiger partial charge in [-0.05, 0) is 20.5 Å². The monoisotopic (exact) mass is 227 g/mol. The molecule has 6 nitrogen and oxygen atoms in total. The largest absolute Gasteiger partial charge is 0.477 e. The minimum atomic E-state index is -0.448. The molecule has 6 heteroatoms. The van der Waals surface area contributed by atoms with Crippen LogP contribution in [-0.2, 0) is 4.74 Å². The van der Waals surface area contributed by atoms with E-state index in [1.54, 1.807) is 0 Å². The van der Waals surface area contributed by atoms with Crippen LogP contribution in [0.5, 0.6) is 5.88 Å². The number of nitrogens with one attached hydrogen (secondary N) is 1. The topological polar surface area (TPSA) is 67.5 Å². The molecule has 16 heavy (non-hydrogen) atoms. The number of H-pyrrole nitrogens is 1. The van der Waals surface area contributed by atoms with Gasteiger partial charge in [-0.25, -0.2) is 4.79 Å². The van der Waals surface area contributed by atoms with Crippen molar-refractivity contribution in [3.63, 3.8) is 0 Å². The number of hydrogen-bond acceptors (Lipinski definition) is 5. The second-order valence-corrected chi connectivity index (χ2v) is 3.62. The molecule has 0 aliphatic heterocycles. The highest BCUT2D eigenvalue weighted by atomic mass is 16.5. The van der Waals surface area contributed by atoms with E-state index in [1.165, 1.54) is 13.2 Å². The van der Waals surface area contributed by atoms with Gasteiger partial charge in [0.05, 0.1) is 13.7 Å². The van der Waals surface area contributed by atoms with E-state index < -0.39 is 5.97 Å². The lowest BCUT2D eigenvalue weighted by Crippen LogP contribution is -2.15. The van der Waals surface area contributed by atoms with E-state index in [0.29, 0.717) is 18.2 Å². The molecule has 0 saturated carbocycles. The highest BCUT2D eigenvalue weighted by Crippen LogP contribution is 2.09. The Bertz CT molecular complexity index is 336. The first-order valence-corrected chi connectivity index (χ1v) is 5.04. The summed E-state index contributed by atoms with van der Waals surface area (Å²) in [7, 11) is 5.33. The van der Waals surface area contributed by atoms with Crippen molar-refractivity contribution < 1.29 is 14.3 Å². The molecule has 0 spiro atoms. The number of carbonyl (C=O) groups excluding carboxylic acids is 1. The molecule has 0 saturated heterocycles. The summed E-state index contributed by atoms with van der Waals surface area (Å²) < 4.78 is 9.89. The number of carbonyl (C=O) groups is 1. The number of hydrogen-bond donors (Lipinski definition) is 1. The minimum Gasteiger partial charge on any atom is -0.477 e. The summed E-state index contributed by atoms with van der Waals surface area (Å²) in [5.41, 5.74) is 0.296. The lowest BCUT2D eigenvalue weighted by molar-refractivity contribution is 0.0594. The van der Waals surface area contributed by atoms with Gasteiger partial charge in [0.25, 0.3) is 0 Å². The minimum absolute atomic E-state index is 0.296. The van der Waals surface area contributed by atoms with Crippen LogP contribution in [0.15, 0.2) is 6.07 Å². The van der Waals surface area contributed by atoms with Gasteiger partial charge in [0.1, 0.15) is 5.69 Å². The third kappa shape index (κ3) is 3.90. The summed E-state index contributed by atoms with van der Waals surface area (Å²) in [4.78, 5) is 13.2. The van der Waals surface area contributed by atoms with Gasteiger partial charge in [-0.3, -0.25) is 5.10 Å². The zero-order valence-electron chi connectivity index (χ0n) is 9.82. The van der Waals surface area contributed by atoms with E-state index in [9.17, 15) is 4.79 Å². The van der Waals surface area contributed by atoms with Crippen LogP contribution in [0.25, 0.3) is 0 Å². The fourth-order valence-electron chi connectivity index (χ4n) is 1.15. The highest BCUT2D eigenvalue weighted by molar-refractivity contribution is 5.87. The molecule has 90 valence electrons. The van der Waals surface area contributed by atoms with Crippen molar-refractivity contribution in [2.45, 2.75) is 6.42 Å². The summed E-state index contributed by atoms with van der Waals surface area (Å²) >= 11 is 0. The van der Waals surface area contributed by atoms with Crippen molar-refractivity contribution in [2.75, 3.05) is 34.4 Å². The van der Waals surface area contributed by atoms with Gasteiger partial charge in [0.15, 0.2) is 0 Å². The molecule has 0 fully saturated rings. The van der Waals surface area contributed by atoms with Gasteiger partial charge in [-0.15, -0.1) is 5.10 Å². The normalized spacial score (nSPS) is 10.5. The van der Waals surface area contributed by atoms with E-state index in [-0.39, 0.29) is 0 Å². The Kier molecular flexibility index (Phi) is 4.78. The Hall–Kier alpha value is -1.56. The molecular weight excluding hydrogens is 210 g/mol. The summed E-state index contributed by atoms with van der Waals surface area (Å²) in [6.45, 7) is 1.53. The van der Waals surface area contributed by atoms with Crippen molar-refractivity contribution in [2.24, 2.45) is 0 Å². The molecule has 1 aromatic rings. The quantitative estimate of drug-likeness (QED) is 0.567. The molecule has 0 unspecified atom stereocenters. The van der Waals surface area contributed by atoms with E-state index in [0.717, 1.165) is 13.0 Å². The number of aromatic amines is 1. The van der Waals surface area contributed by atoms with Crippen molar-refractivity contribution in [1.82, 2.24) is 15.1 Å². The summed E-state index contributed by atoms with van der Waals surface area (Å²) in [5, 5.41) is 6.39. The number of ether oxygens (including phenoxy) is 2. The number of rotatable bonds is 6. The van der Waals surface area contributed by atoms with Crippen LogP contribution in [0.1, 0.15) is 16.9 Å². The van der Waals surface area contributed by atoms with Gasteiger partial charge >= 0.3 is 5.97 Å². The van der Waals surface area contributed by atoms with Crippen molar-refractivity contribution in [3.05, 3.63) is 11.8 Å². The Morgan fingerprint density at radius 3 is 2.94 bits per heavy atom. The molecule has 1 N–H and O–H groups in total. The van der Waals surface area contributed by atoms with Crippen LogP contribution in [-0.4, -0.2) is 55.4 Å². The van der Waals surface area contributed by atoms with Crippen LogP contribution < -0.4 is 4.74 Å². The van der Waals surface area contributed by atoms with E-state index in [4.69, 9.17) is 4.74 Å². The first-order chi connectivity index (χ1) is 7.63. The standard InChI is InChI=1S/C10H17N3O3/c1-13(2)5-4-6-16-9-7-8(11-12-9)10(14)15-3/h7H,4-6H2,1-3H3,(H,11,12). The maximum Gasteiger partial charge on any atom is 0.356 e. The maximum atomic E-state index is 11.1. The van der Waals surface area contributed by atoms with Crippen LogP contribution in [0, 0.1) is 0 Å². The summed E-state index contributed by atoms with van der Waals surface area (Å²) in [6, 6.07) is 1.53. The molecule has 1 heterocycles. The molecule has 0 bridgehead atoms. The maximum absolute atomic E-state index is 11.1. The summed E-state index contributed by atoms with van der Waals surface area (Å²) in [5.74, 6) is -0.0326. The third-order valence-corrected chi connectivity index (χ3v) is 1.96. The second-order valence-electron chi connectivity index (χ2n) is 3.62. The Morgan fingerprint density at radius 1 is 1.56 bits per heavy atom. The molecule has 0 atom stereocenters. The van der Waals surface area contributed by atoms with Crippen molar-refractivity contribution >= 4 is 5.97 Å². The molecular formula is C10H17N3O3. The zero-order valence-corrected chi connectivity index (χ0v) is 9.82. The number of aromatic nitrogens is 2. The van der Waals surface area contributed by atoms with Crippen LogP contribution in [0.2, 0.25) is 0 Å². The van der Waals surface area contributed by atoms with Gasteiger partial charge in [0.2, 0.25) is 5.88 Å². The summed E-state index contributed by atoms with van der Waals surface area (Å²) in [6.07, 6.45) is 0.910. The van der Waals surface area contributed by atoms with E-state index in [1.807, 2.05) is 14.1 Å². The van der Waals surface area contributed by atoms with Gasteiger partial charge < -0.3 is 14.4 Å². The fraction of sp³-hybridized carbons (Fsp3) is 0.600. The van der Waals surface area contributed by atoms with Gasteiger partial charge in [0, 0.05) is 12.6 Å². The lowest BCUT2D eigenvalue weighted by atomic mass is 10.4. The smallest absolute Gasteiger partial charge is 0.356 e. The SMILES string of the molecule is COC(=O)c1cc(OCCCN(C)C)n[nH]1. The third-order valence-electron chi connectivity index (χ3n) is 1.96. The van der Waals surface area contributed by atoms with Crippen LogP contribution in [0.4, 0.5) is 0 Å². The number of nitrogens with zero attached hydrogens (tertiary/aromatic N) is 2. The molecule has 1 rings (SSSR count). The van der Waals surface area contributed by atoms with Gasteiger partial charge in [-0.2, -0.15) is 0 Å². The predicted molar refractivity (Wildman–Crippen MR) is 58.6 cm³/mol. The van der Waals surface area contributed by atoms with Crippen LogP contribution >= 0.6 is 0 Å².